The van der Waals surface area contributed by atoms with Gasteiger partial charge in [0.2, 0.25) is 16.5 Å². The molecule has 0 unspecified atom stereocenters. The second-order valence-corrected chi connectivity index (χ2v) is 4.18. The first-order valence-corrected chi connectivity index (χ1v) is 5.67. The van der Waals surface area contributed by atoms with E-state index in [2.05, 4.69) is 21.0 Å². The van der Waals surface area contributed by atoms with Gasteiger partial charge in [0.1, 0.15) is 0 Å². The first-order chi connectivity index (χ1) is 7.70. The molecule has 0 aromatic carbocycles. The van der Waals surface area contributed by atoms with E-state index in [0.717, 1.165) is 12.8 Å². The summed E-state index contributed by atoms with van der Waals surface area (Å²) in [4.78, 5) is 13.7. The van der Waals surface area contributed by atoms with E-state index in [4.69, 9.17) is 28.5 Å². The van der Waals surface area contributed by atoms with Crippen molar-refractivity contribution >= 4 is 29.2 Å². The van der Waals surface area contributed by atoms with Gasteiger partial charge < -0.3 is 4.90 Å². The summed E-state index contributed by atoms with van der Waals surface area (Å²) in [5, 5.41) is 8.75. The van der Waals surface area contributed by atoms with Crippen molar-refractivity contribution in [2.24, 2.45) is 0 Å². The molecule has 0 spiro atoms. The van der Waals surface area contributed by atoms with Crippen molar-refractivity contribution < 1.29 is 0 Å². The highest BCUT2D eigenvalue weighted by molar-refractivity contribution is 6.31. The van der Waals surface area contributed by atoms with Crippen molar-refractivity contribution in [3.63, 3.8) is 0 Å². The summed E-state index contributed by atoms with van der Waals surface area (Å²) in [5.74, 6) is 0.461. The second-order valence-electron chi connectivity index (χ2n) is 3.51. The Labute approximate surface area is 103 Å². The highest BCUT2D eigenvalue weighted by Crippen LogP contribution is 2.30. The zero-order chi connectivity index (χ0) is 11.5. The molecule has 7 heteroatoms. The van der Waals surface area contributed by atoms with Crippen LogP contribution in [0.4, 0.5) is 5.95 Å². The number of hydrogen-bond acceptors (Lipinski definition) is 5. The summed E-state index contributed by atoms with van der Waals surface area (Å²) in [7, 11) is 0. The molecule has 1 fully saturated rings. The third kappa shape index (κ3) is 2.71. The molecule has 0 atom stereocenters. The summed E-state index contributed by atoms with van der Waals surface area (Å²) in [6.45, 7) is 0.595. The topological polar surface area (TPSA) is 65.7 Å². The maximum absolute atomic E-state index is 8.59. The minimum absolute atomic E-state index is 0.0811. The van der Waals surface area contributed by atoms with Gasteiger partial charge >= 0.3 is 0 Å². The van der Waals surface area contributed by atoms with Gasteiger partial charge in [0, 0.05) is 12.6 Å². The van der Waals surface area contributed by atoms with Crippen molar-refractivity contribution in [2.45, 2.75) is 25.3 Å². The molecule has 1 aromatic rings. The van der Waals surface area contributed by atoms with Gasteiger partial charge in [0.15, 0.2) is 0 Å². The molecule has 1 aliphatic rings. The minimum atomic E-state index is 0.0811. The third-order valence-electron chi connectivity index (χ3n) is 2.28. The van der Waals surface area contributed by atoms with E-state index in [0.29, 0.717) is 25.0 Å². The van der Waals surface area contributed by atoms with Crippen LogP contribution in [-0.2, 0) is 0 Å². The largest absolute Gasteiger partial charge is 0.337 e. The Morgan fingerprint density at radius 1 is 1.25 bits per heavy atom. The molecule has 84 valence electrons. The highest BCUT2D eigenvalue weighted by Gasteiger charge is 2.31. The number of nitrogens with zero attached hydrogens (tertiary/aromatic N) is 5. The van der Waals surface area contributed by atoms with Crippen LogP contribution in [0.1, 0.15) is 19.3 Å². The van der Waals surface area contributed by atoms with Crippen LogP contribution in [0.15, 0.2) is 0 Å². The van der Waals surface area contributed by atoms with E-state index in [-0.39, 0.29) is 10.6 Å². The molecule has 1 aliphatic carbocycles. The molecule has 0 saturated heterocycles. The van der Waals surface area contributed by atoms with E-state index in [1.54, 1.807) is 0 Å². The Morgan fingerprint density at radius 3 is 2.38 bits per heavy atom. The van der Waals surface area contributed by atoms with Crippen LogP contribution >= 0.6 is 23.2 Å². The van der Waals surface area contributed by atoms with Crippen molar-refractivity contribution in [3.8, 4) is 6.07 Å². The fourth-order valence-corrected chi connectivity index (χ4v) is 1.80. The summed E-state index contributed by atoms with van der Waals surface area (Å²) in [5.41, 5.74) is 0. The molecular formula is C9H9Cl2N5. The van der Waals surface area contributed by atoms with Crippen LogP contribution in [0.5, 0.6) is 0 Å². The first-order valence-electron chi connectivity index (χ1n) is 4.91. The molecule has 2 rings (SSSR count). The number of hydrogen-bond donors (Lipinski definition) is 0. The fourth-order valence-electron chi connectivity index (χ4n) is 1.45. The van der Waals surface area contributed by atoms with Gasteiger partial charge in [-0.1, -0.05) is 0 Å². The molecule has 1 heterocycles. The molecule has 16 heavy (non-hydrogen) atoms. The summed E-state index contributed by atoms with van der Waals surface area (Å²) in [6.07, 6.45) is 2.61. The maximum Gasteiger partial charge on any atom is 0.231 e. The van der Waals surface area contributed by atoms with Gasteiger partial charge in [-0.15, -0.1) is 0 Å². The smallest absolute Gasteiger partial charge is 0.231 e. The van der Waals surface area contributed by atoms with Crippen molar-refractivity contribution in [1.82, 2.24) is 15.0 Å². The van der Waals surface area contributed by atoms with Gasteiger partial charge in [-0.25, -0.2) is 0 Å². The van der Waals surface area contributed by atoms with Crippen molar-refractivity contribution in [3.05, 3.63) is 10.6 Å². The van der Waals surface area contributed by atoms with E-state index in [1.165, 1.54) is 0 Å². The maximum atomic E-state index is 8.59. The van der Waals surface area contributed by atoms with Crippen molar-refractivity contribution in [2.75, 3.05) is 11.4 Å². The SMILES string of the molecule is N#CCCN(c1nc(Cl)nc(Cl)n1)C1CC1. The van der Waals surface area contributed by atoms with Gasteiger partial charge in [-0.2, -0.15) is 20.2 Å². The van der Waals surface area contributed by atoms with E-state index in [1.807, 2.05) is 4.90 Å². The summed E-state index contributed by atoms with van der Waals surface area (Å²) < 4.78 is 0. The van der Waals surface area contributed by atoms with Crippen LogP contribution in [-0.4, -0.2) is 27.5 Å². The number of nitriles is 1. The average Bonchev–Trinajstić information content (AvgIpc) is 3.01. The molecule has 0 bridgehead atoms. The molecule has 0 radical (unpaired) electrons. The van der Waals surface area contributed by atoms with E-state index >= 15 is 0 Å². The Kier molecular flexibility index (Phi) is 3.42. The number of rotatable bonds is 4. The quantitative estimate of drug-likeness (QED) is 0.826. The van der Waals surface area contributed by atoms with Crippen LogP contribution < -0.4 is 4.90 Å². The van der Waals surface area contributed by atoms with Gasteiger partial charge in [0.25, 0.3) is 0 Å². The second kappa shape index (κ2) is 4.81. The molecule has 0 N–H and O–H groups in total. The van der Waals surface area contributed by atoms with Crippen molar-refractivity contribution in [1.29, 1.82) is 5.26 Å². The Bertz CT molecular complexity index is 406. The lowest BCUT2D eigenvalue weighted by atomic mass is 10.4. The first kappa shape index (κ1) is 11.4. The van der Waals surface area contributed by atoms with E-state index < -0.39 is 0 Å². The molecule has 1 saturated carbocycles. The Balaban J connectivity index is 2.20. The molecule has 5 nitrogen and oxygen atoms in total. The molecule has 0 amide bonds. The van der Waals surface area contributed by atoms with Crippen LogP contribution in [0.2, 0.25) is 10.6 Å². The van der Waals surface area contributed by atoms with Crippen LogP contribution in [0, 0.1) is 11.3 Å². The minimum Gasteiger partial charge on any atom is -0.337 e. The van der Waals surface area contributed by atoms with Crippen LogP contribution in [0.25, 0.3) is 0 Å². The summed E-state index contributed by atoms with van der Waals surface area (Å²) in [6, 6.07) is 2.51. The number of halogens is 2. The standard InChI is InChI=1S/C9H9Cl2N5/c10-7-13-8(11)15-9(14-7)16(5-1-4-12)6-2-3-6/h6H,1-3,5H2. The zero-order valence-corrected chi connectivity index (χ0v) is 9.91. The highest BCUT2D eigenvalue weighted by atomic mass is 35.5. The van der Waals surface area contributed by atoms with Gasteiger partial charge in [0.05, 0.1) is 12.5 Å². The van der Waals surface area contributed by atoms with Gasteiger partial charge in [-0.05, 0) is 36.0 Å². The third-order valence-corrected chi connectivity index (χ3v) is 2.62. The average molecular weight is 258 g/mol. The molecular weight excluding hydrogens is 249 g/mol. The predicted molar refractivity (Wildman–Crippen MR) is 60.4 cm³/mol. The molecule has 0 aliphatic heterocycles. The molecule has 1 aromatic heterocycles. The number of anilines is 1. The Hall–Kier alpha value is -1.12. The van der Waals surface area contributed by atoms with Gasteiger partial charge in [-0.3, -0.25) is 0 Å². The number of aromatic nitrogens is 3. The van der Waals surface area contributed by atoms with E-state index in [9.17, 15) is 0 Å². The fraction of sp³-hybridized carbons (Fsp3) is 0.556. The lowest BCUT2D eigenvalue weighted by Crippen LogP contribution is -2.28. The lowest BCUT2D eigenvalue weighted by molar-refractivity contribution is 0.754. The normalized spacial score (nSPS) is 14.6. The zero-order valence-electron chi connectivity index (χ0n) is 8.40. The lowest BCUT2D eigenvalue weighted by Gasteiger charge is -2.20. The summed E-state index contributed by atoms with van der Waals surface area (Å²) >= 11 is 11.4. The monoisotopic (exact) mass is 257 g/mol. The Morgan fingerprint density at radius 2 is 1.88 bits per heavy atom. The predicted octanol–water partition coefficient (Wildman–Crippen LogP) is 2.06. The van der Waals surface area contributed by atoms with Crippen LogP contribution in [0.3, 0.4) is 0 Å².